The maximum Gasteiger partial charge on any atom is 0.115 e. The van der Waals surface area contributed by atoms with E-state index in [1.54, 1.807) is 6.07 Å². The molecule has 3 aliphatic carbocycles. The van der Waals surface area contributed by atoms with Crippen LogP contribution in [0.3, 0.4) is 0 Å². The maximum absolute atomic E-state index is 11.1. The molecule has 0 amide bonds. The zero-order valence-corrected chi connectivity index (χ0v) is 14.7. The fraction of sp³-hybridized carbons (Fsp3) is 0.667. The molecular weight excluding hydrogens is 327 g/mol. The van der Waals surface area contributed by atoms with Gasteiger partial charge in [-0.1, -0.05) is 13.0 Å². The van der Waals surface area contributed by atoms with Crippen LogP contribution in [0.5, 0.6) is 5.75 Å². The van der Waals surface area contributed by atoms with Gasteiger partial charge in [-0.15, -0.1) is 0 Å². The van der Waals surface area contributed by atoms with E-state index in [0.29, 0.717) is 29.9 Å². The van der Waals surface area contributed by atoms with E-state index in [9.17, 15) is 19.5 Å². The van der Waals surface area contributed by atoms with Crippen molar-refractivity contribution in [3.8, 4) is 5.75 Å². The van der Waals surface area contributed by atoms with E-state index >= 15 is 0 Å². The summed E-state index contributed by atoms with van der Waals surface area (Å²) in [6.45, 7) is 2.10. The lowest BCUT2D eigenvalue weighted by atomic mass is 9.55. The molecule has 24 heavy (non-hydrogen) atoms. The van der Waals surface area contributed by atoms with Crippen molar-refractivity contribution in [1.29, 1.82) is 0 Å². The maximum atomic E-state index is 11.1. The number of phosphoric acid groups is 1. The predicted molar refractivity (Wildman–Crippen MR) is 85.2 cm³/mol. The molecule has 3 aliphatic rings. The van der Waals surface area contributed by atoms with Crippen LogP contribution in [0.4, 0.5) is 0 Å². The molecule has 6 heteroatoms. The van der Waals surface area contributed by atoms with Gasteiger partial charge in [0.05, 0.1) is 13.9 Å². The third-order valence-corrected chi connectivity index (χ3v) is 7.39. The van der Waals surface area contributed by atoms with E-state index in [2.05, 4.69) is 13.0 Å². The van der Waals surface area contributed by atoms with Gasteiger partial charge in [0.25, 0.3) is 0 Å². The molecule has 0 spiro atoms. The Morgan fingerprint density at radius 1 is 1.25 bits per heavy atom. The van der Waals surface area contributed by atoms with Crippen molar-refractivity contribution in [2.24, 2.45) is 17.3 Å². The van der Waals surface area contributed by atoms with Crippen molar-refractivity contribution < 1.29 is 24.0 Å². The minimum absolute atomic E-state index is 0.222. The molecule has 0 saturated heterocycles. The summed E-state index contributed by atoms with van der Waals surface area (Å²) >= 11 is 0. The number of aryl methyl sites for hydroxylation is 1. The van der Waals surface area contributed by atoms with Gasteiger partial charge < -0.3 is 24.0 Å². The molecule has 0 bridgehead atoms. The van der Waals surface area contributed by atoms with Gasteiger partial charge in [0.15, 0.2) is 0 Å². The fourth-order valence-corrected chi connectivity index (χ4v) is 6.51. The molecule has 1 aromatic rings. The van der Waals surface area contributed by atoms with Crippen molar-refractivity contribution >= 4 is 7.82 Å². The van der Waals surface area contributed by atoms with Gasteiger partial charge in [-0.25, -0.2) is 0 Å². The standard InChI is InChI=1S/C18H25O5P/c1-18-9-8-14-13-5-3-12(19)10-11(13)2-4-15(14)16(18)6-7-17(18)23-24(20,21)22/h3,5,10,14-17,19H,2,4,6-9H2,1H3,(H2,20,21,22)/p-2/t14-,15+,16+,17-,18-/m0/s1. The van der Waals surface area contributed by atoms with Crippen LogP contribution < -0.4 is 9.79 Å². The second kappa shape index (κ2) is 5.57. The Morgan fingerprint density at radius 2 is 2.04 bits per heavy atom. The molecule has 0 unspecified atom stereocenters. The SMILES string of the molecule is C[C@]12CC[C@H]3c4ccc(O)cc4CC[C@H]3[C@H]1CC[C@@H]2OP(=O)([O-])[O-]. The van der Waals surface area contributed by atoms with Crippen molar-refractivity contribution in [2.45, 2.75) is 57.5 Å². The van der Waals surface area contributed by atoms with Gasteiger partial charge in [0.2, 0.25) is 0 Å². The first kappa shape index (κ1) is 16.6. The van der Waals surface area contributed by atoms with E-state index < -0.39 is 13.9 Å². The van der Waals surface area contributed by atoms with Crippen molar-refractivity contribution in [2.75, 3.05) is 0 Å². The molecule has 0 aromatic heterocycles. The first-order valence-corrected chi connectivity index (χ1v) is 10.3. The van der Waals surface area contributed by atoms with Crippen LogP contribution in [0.2, 0.25) is 0 Å². The smallest absolute Gasteiger partial charge is 0.115 e. The Kier molecular flexibility index (Phi) is 3.85. The third-order valence-electron chi connectivity index (χ3n) is 6.88. The summed E-state index contributed by atoms with van der Waals surface area (Å²) in [5, 5.41) is 9.72. The number of phosphoric ester groups is 1. The number of phenols is 1. The summed E-state index contributed by atoms with van der Waals surface area (Å²) in [5.74, 6) is 1.70. The normalized spacial score (nSPS) is 38.3. The van der Waals surface area contributed by atoms with Crippen molar-refractivity contribution in [1.82, 2.24) is 0 Å². The van der Waals surface area contributed by atoms with Crippen molar-refractivity contribution in [3.05, 3.63) is 29.3 Å². The zero-order chi connectivity index (χ0) is 17.1. The van der Waals surface area contributed by atoms with Crippen LogP contribution in [0.25, 0.3) is 0 Å². The molecule has 2 saturated carbocycles. The van der Waals surface area contributed by atoms with Crippen LogP contribution in [-0.4, -0.2) is 11.2 Å². The van der Waals surface area contributed by atoms with Crippen LogP contribution in [0, 0.1) is 17.3 Å². The molecule has 5 atom stereocenters. The van der Waals surface area contributed by atoms with E-state index in [1.807, 2.05) is 6.07 Å². The number of hydrogen-bond acceptors (Lipinski definition) is 5. The van der Waals surface area contributed by atoms with Crippen LogP contribution in [0.15, 0.2) is 18.2 Å². The van der Waals surface area contributed by atoms with E-state index in [-0.39, 0.29) is 5.41 Å². The molecule has 0 radical (unpaired) electrons. The van der Waals surface area contributed by atoms with Gasteiger partial charge in [-0.3, -0.25) is 0 Å². The van der Waals surface area contributed by atoms with Gasteiger partial charge in [0, 0.05) is 0 Å². The molecule has 0 heterocycles. The van der Waals surface area contributed by atoms with Gasteiger partial charge in [-0.2, -0.15) is 0 Å². The molecular formula is C18H23O5P-2. The van der Waals surface area contributed by atoms with Crippen molar-refractivity contribution in [3.63, 3.8) is 0 Å². The average molecular weight is 350 g/mol. The number of rotatable bonds is 2. The number of phenolic OH excluding ortho intramolecular Hbond substituents is 1. The first-order chi connectivity index (χ1) is 11.3. The number of hydrogen-bond donors (Lipinski definition) is 1. The minimum atomic E-state index is -4.94. The topological polar surface area (TPSA) is 92.7 Å². The second-order valence-electron chi connectivity index (χ2n) is 7.96. The Balaban J connectivity index is 1.62. The molecule has 5 nitrogen and oxygen atoms in total. The zero-order valence-electron chi connectivity index (χ0n) is 13.8. The number of benzene rings is 1. The molecule has 132 valence electrons. The number of fused-ring (bicyclic) bond motifs is 5. The van der Waals surface area contributed by atoms with Gasteiger partial charge >= 0.3 is 0 Å². The quantitative estimate of drug-likeness (QED) is 0.827. The summed E-state index contributed by atoms with van der Waals surface area (Å²) < 4.78 is 16.1. The Labute approximate surface area is 142 Å². The molecule has 2 fully saturated rings. The van der Waals surface area contributed by atoms with Gasteiger partial charge in [0.1, 0.15) is 5.75 Å². The summed E-state index contributed by atoms with van der Waals surface area (Å²) in [5.41, 5.74) is 2.36. The first-order valence-electron chi connectivity index (χ1n) is 8.80. The average Bonchev–Trinajstić information content (AvgIpc) is 2.82. The second-order valence-corrected chi connectivity index (χ2v) is 9.07. The number of aromatic hydroxyl groups is 1. The molecule has 1 aromatic carbocycles. The summed E-state index contributed by atoms with van der Waals surface area (Å²) in [6.07, 6.45) is 4.98. The van der Waals surface area contributed by atoms with E-state index in [0.717, 1.165) is 32.1 Å². The lowest BCUT2D eigenvalue weighted by molar-refractivity contribution is -0.347. The Hall–Kier alpha value is -0.870. The summed E-state index contributed by atoms with van der Waals surface area (Å²) in [4.78, 5) is 22.2. The highest BCUT2D eigenvalue weighted by molar-refractivity contribution is 7.43. The Bertz CT molecular complexity index is 699. The summed E-state index contributed by atoms with van der Waals surface area (Å²) in [7, 11) is -4.94. The minimum Gasteiger partial charge on any atom is -0.790 e. The highest BCUT2D eigenvalue weighted by atomic mass is 31.2. The van der Waals surface area contributed by atoms with Crippen LogP contribution >= 0.6 is 7.82 Å². The van der Waals surface area contributed by atoms with E-state index in [4.69, 9.17) is 4.52 Å². The summed E-state index contributed by atoms with van der Waals surface area (Å²) in [6, 6.07) is 5.70. The largest absolute Gasteiger partial charge is 0.790 e. The lowest BCUT2D eigenvalue weighted by Crippen LogP contribution is -2.45. The fourth-order valence-electron chi connectivity index (χ4n) is 5.85. The lowest BCUT2D eigenvalue weighted by Gasteiger charge is -2.51. The monoisotopic (exact) mass is 350 g/mol. The third kappa shape index (κ3) is 2.62. The molecule has 0 aliphatic heterocycles. The molecule has 4 rings (SSSR count). The highest BCUT2D eigenvalue weighted by Crippen LogP contribution is 2.62. The van der Waals surface area contributed by atoms with E-state index in [1.165, 1.54) is 11.1 Å². The molecule has 1 N–H and O–H groups in total. The Morgan fingerprint density at radius 3 is 2.79 bits per heavy atom. The predicted octanol–water partition coefficient (Wildman–Crippen LogP) is 2.46. The van der Waals surface area contributed by atoms with Gasteiger partial charge in [-0.05, 0) is 85.0 Å². The van der Waals surface area contributed by atoms with Crippen LogP contribution in [0.1, 0.15) is 56.1 Å². The highest BCUT2D eigenvalue weighted by Gasteiger charge is 2.55. The van der Waals surface area contributed by atoms with Crippen LogP contribution in [-0.2, 0) is 15.5 Å².